The summed E-state index contributed by atoms with van der Waals surface area (Å²) in [7, 11) is 0. The number of hydrogen-bond acceptors (Lipinski definition) is 3. The molecule has 6 nitrogen and oxygen atoms in total. The predicted octanol–water partition coefficient (Wildman–Crippen LogP) is 3.58. The van der Waals surface area contributed by atoms with Crippen molar-refractivity contribution in [3.05, 3.63) is 71.8 Å². The van der Waals surface area contributed by atoms with Crippen molar-refractivity contribution in [1.29, 1.82) is 0 Å². The molecule has 0 spiro atoms. The Morgan fingerprint density at radius 2 is 1.73 bits per heavy atom. The largest absolute Gasteiger partial charge is 0.489 e. The molecular weight excluding hydrogens is 346 g/mol. The van der Waals surface area contributed by atoms with Crippen LogP contribution in [0.15, 0.2) is 60.4 Å². The summed E-state index contributed by atoms with van der Waals surface area (Å²) in [5.41, 5.74) is 0.932. The molecule has 136 valence electrons. The van der Waals surface area contributed by atoms with E-state index < -0.39 is 11.9 Å². The van der Waals surface area contributed by atoms with Crippen LogP contribution in [0.4, 0.5) is 19.3 Å². The molecule has 0 radical (unpaired) electrons. The van der Waals surface area contributed by atoms with Crippen LogP contribution in [0.25, 0.3) is 0 Å². The van der Waals surface area contributed by atoms with Crippen LogP contribution in [-0.4, -0.2) is 30.3 Å². The Hall–Kier alpha value is -3.42. The highest BCUT2D eigenvalue weighted by Gasteiger charge is 2.07. The molecule has 0 aliphatic carbocycles. The van der Waals surface area contributed by atoms with E-state index in [-0.39, 0.29) is 31.0 Å². The van der Waals surface area contributed by atoms with Crippen LogP contribution in [-0.2, 0) is 0 Å². The summed E-state index contributed by atoms with van der Waals surface area (Å²) in [6.45, 7) is -0.331. The topological polar surface area (TPSA) is 87.7 Å². The first kappa shape index (κ1) is 18.9. The summed E-state index contributed by atoms with van der Waals surface area (Å²) >= 11 is 0. The molecule has 26 heavy (non-hydrogen) atoms. The zero-order valence-electron chi connectivity index (χ0n) is 13.5. The van der Waals surface area contributed by atoms with Gasteiger partial charge in [0.15, 0.2) is 0 Å². The van der Waals surface area contributed by atoms with Gasteiger partial charge in [-0.2, -0.15) is 0 Å². The Labute approximate surface area is 148 Å². The number of halogens is 2. The highest BCUT2D eigenvalue weighted by Crippen LogP contribution is 2.15. The number of carbonyl (C=O) groups excluding carboxylic acids is 1. The molecule has 0 aromatic heterocycles. The Morgan fingerprint density at radius 1 is 1.08 bits per heavy atom. The van der Waals surface area contributed by atoms with E-state index >= 15 is 0 Å². The van der Waals surface area contributed by atoms with Crippen LogP contribution in [0.3, 0.4) is 0 Å². The van der Waals surface area contributed by atoms with Crippen LogP contribution < -0.4 is 15.4 Å². The van der Waals surface area contributed by atoms with E-state index in [0.29, 0.717) is 17.0 Å². The molecule has 2 rings (SSSR count). The van der Waals surface area contributed by atoms with E-state index in [1.807, 2.05) is 5.32 Å². The van der Waals surface area contributed by atoms with Gasteiger partial charge in [0, 0.05) is 23.4 Å². The highest BCUT2D eigenvalue weighted by atomic mass is 19.1. The van der Waals surface area contributed by atoms with E-state index in [4.69, 9.17) is 9.84 Å². The first-order valence-electron chi connectivity index (χ1n) is 7.52. The molecule has 3 N–H and O–H groups in total. The standard InChI is InChI=1S/C18H16F2N2O4/c19-9-12(10-21-18(24)25)11-26-16-7-1-13(2-8-16)17(23)22-15-5-3-14(20)4-6-15/h1-9,21H,10-11H2,(H,22,23)(H,24,25). The summed E-state index contributed by atoms with van der Waals surface area (Å²) in [5, 5.41) is 13.1. The van der Waals surface area contributed by atoms with E-state index in [1.54, 1.807) is 0 Å². The predicted molar refractivity (Wildman–Crippen MR) is 91.5 cm³/mol. The van der Waals surface area contributed by atoms with Crippen molar-refractivity contribution in [2.24, 2.45) is 0 Å². The molecule has 0 aliphatic heterocycles. The summed E-state index contributed by atoms with van der Waals surface area (Å²) in [5.74, 6) is -0.388. The molecule has 2 aromatic rings. The molecule has 2 aromatic carbocycles. The maximum atomic E-state index is 12.8. The number of rotatable bonds is 7. The number of ether oxygens (including phenoxy) is 1. The van der Waals surface area contributed by atoms with Crippen LogP contribution in [0.2, 0.25) is 0 Å². The number of benzene rings is 2. The van der Waals surface area contributed by atoms with Crippen LogP contribution in [0.1, 0.15) is 10.4 Å². The molecular formula is C18H16F2N2O4. The Morgan fingerprint density at radius 3 is 2.31 bits per heavy atom. The second-order valence-electron chi connectivity index (χ2n) is 5.20. The summed E-state index contributed by atoms with van der Waals surface area (Å²) in [6, 6.07) is 11.5. The minimum atomic E-state index is -1.26. The summed E-state index contributed by atoms with van der Waals surface area (Å²) < 4.78 is 30.9. The summed E-state index contributed by atoms with van der Waals surface area (Å²) in [6.07, 6.45) is -0.985. The first-order chi connectivity index (χ1) is 12.5. The molecule has 2 amide bonds. The molecule has 0 fully saturated rings. The Kier molecular flexibility index (Phi) is 6.67. The lowest BCUT2D eigenvalue weighted by Crippen LogP contribution is -2.25. The monoisotopic (exact) mass is 362 g/mol. The third-order valence-corrected chi connectivity index (χ3v) is 3.26. The molecule has 0 unspecified atom stereocenters. The quantitative estimate of drug-likeness (QED) is 0.703. The maximum Gasteiger partial charge on any atom is 0.404 e. The molecule has 0 heterocycles. The molecule has 0 atom stereocenters. The molecule has 0 saturated carbocycles. The first-order valence-corrected chi connectivity index (χ1v) is 7.52. The van der Waals surface area contributed by atoms with Crippen LogP contribution >= 0.6 is 0 Å². The Balaban J connectivity index is 1.89. The van der Waals surface area contributed by atoms with Gasteiger partial charge in [-0.15, -0.1) is 0 Å². The maximum absolute atomic E-state index is 12.8. The van der Waals surface area contributed by atoms with Gasteiger partial charge in [0.1, 0.15) is 18.2 Å². The van der Waals surface area contributed by atoms with Crippen molar-refractivity contribution in [3.63, 3.8) is 0 Å². The minimum absolute atomic E-state index is 0.116. The van der Waals surface area contributed by atoms with Gasteiger partial charge in [-0.3, -0.25) is 4.79 Å². The normalized spacial score (nSPS) is 10.9. The number of hydrogen-bond donors (Lipinski definition) is 3. The lowest BCUT2D eigenvalue weighted by molar-refractivity contribution is 0.102. The van der Waals surface area contributed by atoms with Gasteiger partial charge in [-0.25, -0.2) is 13.6 Å². The number of nitrogens with one attached hydrogen (secondary N) is 2. The van der Waals surface area contributed by atoms with Gasteiger partial charge >= 0.3 is 6.09 Å². The second-order valence-corrected chi connectivity index (χ2v) is 5.20. The van der Waals surface area contributed by atoms with Gasteiger partial charge in [0.2, 0.25) is 0 Å². The number of amides is 2. The molecule has 0 saturated heterocycles. The van der Waals surface area contributed by atoms with Crippen LogP contribution in [0, 0.1) is 5.82 Å². The zero-order valence-corrected chi connectivity index (χ0v) is 13.5. The van der Waals surface area contributed by atoms with Gasteiger partial charge in [0.25, 0.3) is 5.91 Å². The lowest BCUT2D eigenvalue weighted by Gasteiger charge is -2.10. The van der Waals surface area contributed by atoms with Gasteiger partial charge in [-0.05, 0) is 48.5 Å². The van der Waals surface area contributed by atoms with Crippen molar-refractivity contribution >= 4 is 17.7 Å². The Bertz CT molecular complexity index is 790. The van der Waals surface area contributed by atoms with Crippen molar-refractivity contribution in [2.45, 2.75) is 0 Å². The third-order valence-electron chi connectivity index (χ3n) is 3.26. The number of carbonyl (C=O) groups is 2. The van der Waals surface area contributed by atoms with Gasteiger partial charge in [0.05, 0.1) is 6.33 Å². The lowest BCUT2D eigenvalue weighted by atomic mass is 10.2. The molecule has 8 heteroatoms. The van der Waals surface area contributed by atoms with E-state index in [2.05, 4.69) is 5.32 Å². The second kappa shape index (κ2) is 9.16. The molecule has 0 bridgehead atoms. The fourth-order valence-electron chi connectivity index (χ4n) is 1.93. The van der Waals surface area contributed by atoms with Crippen molar-refractivity contribution in [2.75, 3.05) is 18.5 Å². The highest BCUT2D eigenvalue weighted by molar-refractivity contribution is 6.04. The smallest absolute Gasteiger partial charge is 0.404 e. The van der Waals surface area contributed by atoms with E-state index in [1.165, 1.54) is 48.5 Å². The van der Waals surface area contributed by atoms with E-state index in [9.17, 15) is 18.4 Å². The van der Waals surface area contributed by atoms with Crippen molar-refractivity contribution in [3.8, 4) is 5.75 Å². The summed E-state index contributed by atoms with van der Waals surface area (Å²) in [4.78, 5) is 22.5. The van der Waals surface area contributed by atoms with Crippen molar-refractivity contribution < 1.29 is 28.2 Å². The SMILES string of the molecule is O=C(O)NCC(=CF)COc1ccc(C(=O)Nc2ccc(F)cc2)cc1. The number of anilines is 1. The average Bonchev–Trinajstić information content (AvgIpc) is 2.64. The van der Waals surface area contributed by atoms with Gasteiger partial charge in [-0.1, -0.05) is 0 Å². The van der Waals surface area contributed by atoms with Crippen LogP contribution in [0.5, 0.6) is 5.75 Å². The number of carboxylic acid groups (broad SMARTS) is 1. The molecule has 0 aliphatic rings. The fourth-order valence-corrected chi connectivity index (χ4v) is 1.93. The third kappa shape index (κ3) is 5.90. The van der Waals surface area contributed by atoms with E-state index in [0.717, 1.165) is 0 Å². The zero-order chi connectivity index (χ0) is 18.9. The fraction of sp³-hybridized carbons (Fsp3) is 0.111. The minimum Gasteiger partial charge on any atom is -0.489 e. The van der Waals surface area contributed by atoms with Gasteiger partial charge < -0.3 is 20.5 Å². The average molecular weight is 362 g/mol. The van der Waals surface area contributed by atoms with Crippen molar-refractivity contribution in [1.82, 2.24) is 5.32 Å².